The van der Waals surface area contributed by atoms with Gasteiger partial charge >= 0.3 is 0 Å². The third-order valence-electron chi connectivity index (χ3n) is 4.21. The molecular weight excluding hydrogens is 342 g/mol. The van der Waals surface area contributed by atoms with Gasteiger partial charge in [-0.2, -0.15) is 0 Å². The summed E-state index contributed by atoms with van der Waals surface area (Å²) in [7, 11) is 1.58. The molecule has 0 saturated heterocycles. The van der Waals surface area contributed by atoms with Crippen molar-refractivity contribution in [3.63, 3.8) is 0 Å². The number of hydrogen-bond acceptors (Lipinski definition) is 5. The Bertz CT molecular complexity index is 675. The number of ether oxygens (including phenoxy) is 3. The molecule has 0 radical (unpaired) electrons. The zero-order chi connectivity index (χ0) is 19.3. The fraction of sp³-hybridized carbons (Fsp3) is 0.455. The van der Waals surface area contributed by atoms with Gasteiger partial charge in [-0.05, 0) is 50.2 Å². The second-order valence-corrected chi connectivity index (χ2v) is 6.37. The lowest BCUT2D eigenvalue weighted by Crippen LogP contribution is -2.18. The summed E-state index contributed by atoms with van der Waals surface area (Å²) < 4.78 is 16.8. The first-order chi connectivity index (χ1) is 13.3. The van der Waals surface area contributed by atoms with Crippen molar-refractivity contribution in [1.82, 2.24) is 5.32 Å². The molecule has 148 valence electrons. The predicted molar refractivity (Wildman–Crippen MR) is 108 cm³/mol. The number of rotatable bonds is 13. The minimum absolute atomic E-state index is 0.00377. The molecule has 2 N–H and O–H groups in total. The maximum atomic E-state index is 10.4. The molecule has 0 aliphatic heterocycles. The second-order valence-electron chi connectivity index (χ2n) is 6.37. The average Bonchev–Trinajstić information content (AvgIpc) is 2.69. The maximum absolute atomic E-state index is 10.4. The third kappa shape index (κ3) is 7.02. The molecule has 0 spiro atoms. The number of methoxy groups -OCH3 is 1. The second kappa shape index (κ2) is 12.1. The summed E-state index contributed by atoms with van der Waals surface area (Å²) in [5.41, 5.74) is 0. The van der Waals surface area contributed by atoms with Gasteiger partial charge in [-0.25, -0.2) is 0 Å². The van der Waals surface area contributed by atoms with Crippen LogP contribution in [0.3, 0.4) is 0 Å². The van der Waals surface area contributed by atoms with Crippen molar-refractivity contribution >= 4 is 0 Å². The third-order valence-corrected chi connectivity index (χ3v) is 4.21. The van der Waals surface area contributed by atoms with Crippen molar-refractivity contribution in [1.29, 1.82) is 0 Å². The van der Waals surface area contributed by atoms with Crippen molar-refractivity contribution in [2.24, 2.45) is 0 Å². The monoisotopic (exact) mass is 373 g/mol. The van der Waals surface area contributed by atoms with Gasteiger partial charge in [0, 0.05) is 0 Å². The Labute approximate surface area is 162 Å². The summed E-state index contributed by atoms with van der Waals surface area (Å²) >= 11 is 0. The van der Waals surface area contributed by atoms with Crippen molar-refractivity contribution < 1.29 is 19.3 Å². The number of unbranched alkanes of at least 4 members (excludes halogenated alkanes) is 3. The molecule has 0 unspecified atom stereocenters. The molecule has 0 amide bonds. The van der Waals surface area contributed by atoms with E-state index >= 15 is 0 Å². The summed E-state index contributed by atoms with van der Waals surface area (Å²) in [6.07, 6.45) is 5.95. The Morgan fingerprint density at radius 2 is 1.52 bits per heavy atom. The highest BCUT2D eigenvalue weighted by atomic mass is 16.5. The lowest BCUT2D eigenvalue weighted by Gasteiger charge is -2.14. The Morgan fingerprint density at radius 3 is 2.30 bits per heavy atom. The molecule has 0 aromatic heterocycles. The Hall–Kier alpha value is -2.40. The van der Waals surface area contributed by atoms with E-state index in [9.17, 15) is 5.11 Å². The SMILES string of the molecule is CCCCCCNCCCOc1cccc(Oc2ccccc2OC)c1O. The first-order valence-corrected chi connectivity index (χ1v) is 9.72. The van der Waals surface area contributed by atoms with Crippen LogP contribution in [0.15, 0.2) is 42.5 Å². The topological polar surface area (TPSA) is 60.0 Å². The van der Waals surface area contributed by atoms with E-state index in [0.29, 0.717) is 29.6 Å². The van der Waals surface area contributed by atoms with Crippen LogP contribution < -0.4 is 19.5 Å². The van der Waals surface area contributed by atoms with Crippen LogP contribution in [0, 0.1) is 0 Å². The minimum atomic E-state index is -0.00377. The van der Waals surface area contributed by atoms with Gasteiger partial charge in [0.25, 0.3) is 0 Å². The van der Waals surface area contributed by atoms with Gasteiger partial charge < -0.3 is 24.6 Å². The Balaban J connectivity index is 1.79. The molecular formula is C22H31NO4. The van der Waals surface area contributed by atoms with Gasteiger partial charge in [-0.15, -0.1) is 0 Å². The minimum Gasteiger partial charge on any atom is -0.502 e. The lowest BCUT2D eigenvalue weighted by atomic mass is 10.2. The number of benzene rings is 2. The number of phenolic OH excluding ortho intramolecular Hbond substituents is 1. The number of hydrogen-bond donors (Lipinski definition) is 2. The van der Waals surface area contributed by atoms with Crippen LogP contribution in [0.25, 0.3) is 0 Å². The van der Waals surface area contributed by atoms with Crippen LogP contribution in [0.4, 0.5) is 0 Å². The molecule has 2 aromatic rings. The molecule has 0 aliphatic carbocycles. The largest absolute Gasteiger partial charge is 0.502 e. The molecule has 5 nitrogen and oxygen atoms in total. The molecule has 0 atom stereocenters. The standard InChI is InChI=1S/C22H31NO4/c1-3-4-5-8-15-23-16-10-17-26-20-13-9-14-21(22(20)24)27-19-12-7-6-11-18(19)25-2/h6-7,9,11-14,23-24H,3-5,8,10,15-17H2,1-2H3. The predicted octanol–water partition coefficient (Wildman–Crippen LogP) is 5.13. The van der Waals surface area contributed by atoms with E-state index < -0.39 is 0 Å². The quantitative estimate of drug-likeness (QED) is 0.477. The molecule has 27 heavy (non-hydrogen) atoms. The number of phenols is 1. The van der Waals surface area contributed by atoms with E-state index in [1.54, 1.807) is 31.4 Å². The number of nitrogens with one attached hydrogen (secondary N) is 1. The van der Waals surface area contributed by atoms with Crippen LogP contribution in [0.1, 0.15) is 39.0 Å². The molecule has 0 aliphatic rings. The summed E-state index contributed by atoms with van der Waals surface area (Å²) in [5, 5.41) is 13.9. The zero-order valence-corrected chi connectivity index (χ0v) is 16.4. The van der Waals surface area contributed by atoms with Crippen LogP contribution >= 0.6 is 0 Å². The molecule has 0 fully saturated rings. The van der Waals surface area contributed by atoms with Gasteiger partial charge in [0.2, 0.25) is 5.75 Å². The number of aromatic hydroxyl groups is 1. The molecule has 0 heterocycles. The maximum Gasteiger partial charge on any atom is 0.201 e. The van der Waals surface area contributed by atoms with Crippen LogP contribution in [-0.4, -0.2) is 31.9 Å². The highest BCUT2D eigenvalue weighted by Gasteiger charge is 2.12. The van der Waals surface area contributed by atoms with Gasteiger partial charge in [-0.1, -0.05) is 44.4 Å². The van der Waals surface area contributed by atoms with E-state index in [-0.39, 0.29) is 5.75 Å². The van der Waals surface area contributed by atoms with Gasteiger partial charge in [-0.3, -0.25) is 0 Å². The Morgan fingerprint density at radius 1 is 0.815 bits per heavy atom. The highest BCUT2D eigenvalue weighted by Crippen LogP contribution is 2.40. The fourth-order valence-electron chi connectivity index (χ4n) is 2.70. The Kier molecular flexibility index (Phi) is 9.35. The van der Waals surface area contributed by atoms with Gasteiger partial charge in [0.15, 0.2) is 23.0 Å². The van der Waals surface area contributed by atoms with Gasteiger partial charge in [0.05, 0.1) is 13.7 Å². The lowest BCUT2D eigenvalue weighted by molar-refractivity contribution is 0.286. The van der Waals surface area contributed by atoms with E-state index in [1.807, 2.05) is 18.2 Å². The van der Waals surface area contributed by atoms with Crippen LogP contribution in [0.2, 0.25) is 0 Å². The summed E-state index contributed by atoms with van der Waals surface area (Å²) in [4.78, 5) is 0. The highest BCUT2D eigenvalue weighted by molar-refractivity contribution is 5.53. The van der Waals surface area contributed by atoms with E-state index in [1.165, 1.54) is 25.7 Å². The molecule has 2 aromatic carbocycles. The first-order valence-electron chi connectivity index (χ1n) is 9.72. The average molecular weight is 373 g/mol. The van der Waals surface area contributed by atoms with Gasteiger partial charge in [0.1, 0.15) is 0 Å². The molecule has 5 heteroatoms. The van der Waals surface area contributed by atoms with E-state index in [0.717, 1.165) is 19.5 Å². The summed E-state index contributed by atoms with van der Waals surface area (Å²) in [6, 6.07) is 12.5. The molecule has 0 bridgehead atoms. The zero-order valence-electron chi connectivity index (χ0n) is 16.4. The fourth-order valence-corrected chi connectivity index (χ4v) is 2.70. The number of para-hydroxylation sites is 3. The molecule has 0 saturated carbocycles. The normalized spacial score (nSPS) is 10.6. The summed E-state index contributed by atoms with van der Waals surface area (Å²) in [5.74, 6) is 1.90. The van der Waals surface area contributed by atoms with Crippen LogP contribution in [0.5, 0.6) is 28.7 Å². The van der Waals surface area contributed by atoms with Crippen molar-refractivity contribution in [3.05, 3.63) is 42.5 Å². The smallest absolute Gasteiger partial charge is 0.201 e. The van der Waals surface area contributed by atoms with Crippen molar-refractivity contribution in [2.45, 2.75) is 39.0 Å². The van der Waals surface area contributed by atoms with Crippen LogP contribution in [-0.2, 0) is 0 Å². The van der Waals surface area contributed by atoms with E-state index in [4.69, 9.17) is 14.2 Å². The van der Waals surface area contributed by atoms with Crippen molar-refractivity contribution in [2.75, 3.05) is 26.8 Å². The summed E-state index contributed by atoms with van der Waals surface area (Å²) in [6.45, 7) is 4.71. The van der Waals surface area contributed by atoms with Crippen molar-refractivity contribution in [3.8, 4) is 28.7 Å². The van der Waals surface area contributed by atoms with E-state index in [2.05, 4.69) is 12.2 Å². The first kappa shape index (κ1) is 20.9. The molecule has 2 rings (SSSR count).